The number of carbonyl (C=O) groups excluding carboxylic acids is 2. The van der Waals surface area contributed by atoms with Crippen LogP contribution < -0.4 is 10.6 Å². The predicted molar refractivity (Wildman–Crippen MR) is 103 cm³/mol. The second kappa shape index (κ2) is 5.83. The molecule has 0 saturated carbocycles. The van der Waals surface area contributed by atoms with Gasteiger partial charge in [-0.2, -0.15) is 0 Å². The lowest BCUT2D eigenvalue weighted by atomic mass is 9.84. The lowest BCUT2D eigenvalue weighted by Gasteiger charge is -2.50. The molecule has 27 heavy (non-hydrogen) atoms. The average Bonchev–Trinajstić information content (AvgIpc) is 3.25. The highest BCUT2D eigenvalue weighted by Gasteiger charge is 2.56. The van der Waals surface area contributed by atoms with Crippen LogP contribution in [0.15, 0.2) is 24.3 Å². The number of H-pyrrole nitrogens is 1. The Bertz CT molecular complexity index is 925. The van der Waals surface area contributed by atoms with Crippen LogP contribution in [-0.2, 0) is 16.0 Å². The Morgan fingerprint density at radius 3 is 2.81 bits per heavy atom. The van der Waals surface area contributed by atoms with E-state index in [2.05, 4.69) is 41.6 Å². The molecule has 6 heteroatoms. The number of aromatic nitrogens is 1. The van der Waals surface area contributed by atoms with Crippen molar-refractivity contribution in [3.8, 4) is 0 Å². The number of aromatic amines is 1. The lowest BCUT2D eigenvalue weighted by molar-refractivity contribution is -0.160. The largest absolute Gasteiger partial charge is 0.356 e. The maximum Gasteiger partial charge on any atom is 0.264 e. The number of amides is 2. The van der Waals surface area contributed by atoms with Crippen molar-refractivity contribution in [1.82, 2.24) is 20.5 Å². The van der Waals surface area contributed by atoms with Crippen molar-refractivity contribution in [2.24, 2.45) is 5.92 Å². The molecular formula is C21H26N4O2. The Labute approximate surface area is 158 Å². The van der Waals surface area contributed by atoms with E-state index in [0.29, 0.717) is 18.8 Å². The molecule has 5 rings (SSSR count). The minimum absolute atomic E-state index is 0.0274. The van der Waals surface area contributed by atoms with E-state index < -0.39 is 11.7 Å². The fourth-order valence-corrected chi connectivity index (χ4v) is 5.15. The molecule has 3 atom stereocenters. The molecule has 2 saturated heterocycles. The Hall–Kier alpha value is -2.34. The van der Waals surface area contributed by atoms with Crippen LogP contribution in [0, 0.1) is 5.92 Å². The van der Waals surface area contributed by atoms with Crippen molar-refractivity contribution in [3.63, 3.8) is 0 Å². The van der Waals surface area contributed by atoms with Crippen LogP contribution in [0.3, 0.4) is 0 Å². The van der Waals surface area contributed by atoms with Crippen LogP contribution in [0.25, 0.3) is 10.9 Å². The second-order valence-electron chi connectivity index (χ2n) is 8.57. The minimum Gasteiger partial charge on any atom is -0.356 e. The van der Waals surface area contributed by atoms with Crippen molar-refractivity contribution in [3.05, 3.63) is 35.5 Å². The fourth-order valence-electron chi connectivity index (χ4n) is 5.15. The van der Waals surface area contributed by atoms with E-state index in [1.165, 1.54) is 10.9 Å². The van der Waals surface area contributed by atoms with Gasteiger partial charge in [0, 0.05) is 23.0 Å². The number of carbonyl (C=O) groups is 2. The number of piperazine rings is 1. The number of benzene rings is 1. The molecule has 2 unspecified atom stereocenters. The van der Waals surface area contributed by atoms with Crippen molar-refractivity contribution in [2.75, 3.05) is 6.54 Å². The molecule has 6 nitrogen and oxygen atoms in total. The summed E-state index contributed by atoms with van der Waals surface area (Å²) in [4.78, 5) is 32.1. The summed E-state index contributed by atoms with van der Waals surface area (Å²) in [5.74, 6) is 0.409. The maximum atomic E-state index is 13.6. The van der Waals surface area contributed by atoms with Crippen molar-refractivity contribution >= 4 is 22.7 Å². The topological polar surface area (TPSA) is 77.2 Å². The molecule has 1 spiro atoms. The zero-order chi connectivity index (χ0) is 18.8. The number of nitrogens with zero attached hydrogens (tertiary/aromatic N) is 1. The summed E-state index contributed by atoms with van der Waals surface area (Å²) < 4.78 is 0. The summed E-state index contributed by atoms with van der Waals surface area (Å²) in [6, 6.07) is 7.70. The van der Waals surface area contributed by atoms with Gasteiger partial charge in [0.25, 0.3) is 5.91 Å². The number of para-hydroxylation sites is 1. The van der Waals surface area contributed by atoms with Gasteiger partial charge >= 0.3 is 0 Å². The van der Waals surface area contributed by atoms with Crippen LogP contribution in [0.1, 0.15) is 50.4 Å². The van der Waals surface area contributed by atoms with Gasteiger partial charge in [0.15, 0.2) is 5.66 Å². The van der Waals surface area contributed by atoms with Crippen molar-refractivity contribution in [2.45, 2.75) is 57.3 Å². The monoisotopic (exact) mass is 366 g/mol. The summed E-state index contributed by atoms with van der Waals surface area (Å²) in [5, 5.41) is 7.48. The van der Waals surface area contributed by atoms with Gasteiger partial charge in [0.05, 0.1) is 6.04 Å². The van der Waals surface area contributed by atoms with Crippen LogP contribution in [0.5, 0.6) is 0 Å². The number of rotatable bonds is 2. The summed E-state index contributed by atoms with van der Waals surface area (Å²) in [5.41, 5.74) is 2.47. The number of nitrogens with one attached hydrogen (secondary N) is 3. The quantitative estimate of drug-likeness (QED) is 0.763. The summed E-state index contributed by atoms with van der Waals surface area (Å²) in [7, 11) is 0. The molecule has 0 bridgehead atoms. The first-order chi connectivity index (χ1) is 13.0. The van der Waals surface area contributed by atoms with E-state index in [1.54, 1.807) is 0 Å². The Morgan fingerprint density at radius 1 is 1.26 bits per heavy atom. The normalized spacial score (nSPS) is 30.1. The molecule has 0 aliphatic carbocycles. The van der Waals surface area contributed by atoms with Gasteiger partial charge in [0.2, 0.25) is 5.91 Å². The smallest absolute Gasteiger partial charge is 0.264 e. The predicted octanol–water partition coefficient (Wildman–Crippen LogP) is 2.22. The maximum absolute atomic E-state index is 13.6. The van der Waals surface area contributed by atoms with Gasteiger partial charge in [-0.15, -0.1) is 0 Å². The number of hydrogen-bond acceptors (Lipinski definition) is 3. The highest BCUT2D eigenvalue weighted by molar-refractivity contribution is 6.01. The second-order valence-corrected chi connectivity index (χ2v) is 8.57. The molecule has 4 heterocycles. The third kappa shape index (κ3) is 2.35. The zero-order valence-electron chi connectivity index (χ0n) is 15.8. The van der Waals surface area contributed by atoms with Crippen LogP contribution in [0.2, 0.25) is 0 Å². The fraction of sp³-hybridized carbons (Fsp3) is 0.524. The van der Waals surface area contributed by atoms with Gasteiger partial charge in [-0.25, -0.2) is 0 Å². The van der Waals surface area contributed by atoms with Gasteiger partial charge in [0.1, 0.15) is 6.04 Å². The molecule has 2 amide bonds. The highest BCUT2D eigenvalue weighted by Crippen LogP contribution is 2.43. The molecule has 3 aliphatic heterocycles. The number of fused-ring (bicyclic) bond motifs is 4. The summed E-state index contributed by atoms with van der Waals surface area (Å²) >= 11 is 0. The average molecular weight is 366 g/mol. The molecule has 1 aromatic heterocycles. The lowest BCUT2D eigenvalue weighted by Crippen LogP contribution is -2.75. The van der Waals surface area contributed by atoms with E-state index >= 15 is 0 Å². The third-order valence-corrected chi connectivity index (χ3v) is 6.34. The zero-order valence-corrected chi connectivity index (χ0v) is 15.8. The molecule has 2 aromatic rings. The highest BCUT2D eigenvalue weighted by atomic mass is 16.2. The van der Waals surface area contributed by atoms with Crippen molar-refractivity contribution in [1.29, 1.82) is 0 Å². The van der Waals surface area contributed by atoms with Gasteiger partial charge in [-0.3, -0.25) is 14.9 Å². The summed E-state index contributed by atoms with van der Waals surface area (Å²) in [6.07, 6.45) is 2.97. The van der Waals surface area contributed by atoms with E-state index in [0.717, 1.165) is 30.6 Å². The van der Waals surface area contributed by atoms with E-state index in [-0.39, 0.29) is 17.9 Å². The summed E-state index contributed by atoms with van der Waals surface area (Å²) in [6.45, 7) is 5.10. The van der Waals surface area contributed by atoms with Gasteiger partial charge in [-0.1, -0.05) is 32.0 Å². The van der Waals surface area contributed by atoms with Crippen LogP contribution in [-0.4, -0.2) is 39.9 Å². The van der Waals surface area contributed by atoms with Crippen molar-refractivity contribution < 1.29 is 9.59 Å². The Morgan fingerprint density at radius 2 is 2.07 bits per heavy atom. The van der Waals surface area contributed by atoms with Gasteiger partial charge < -0.3 is 15.2 Å². The van der Waals surface area contributed by atoms with E-state index in [4.69, 9.17) is 0 Å². The van der Waals surface area contributed by atoms with Gasteiger partial charge in [-0.05, 0) is 43.4 Å². The molecule has 142 valence electrons. The first-order valence-electron chi connectivity index (χ1n) is 9.99. The first-order valence-corrected chi connectivity index (χ1v) is 9.99. The molecule has 2 fully saturated rings. The third-order valence-electron chi connectivity index (χ3n) is 6.34. The number of hydrogen-bond donors (Lipinski definition) is 3. The minimum atomic E-state index is -0.910. The molecule has 0 radical (unpaired) electrons. The Kier molecular flexibility index (Phi) is 3.63. The molecule has 3 N–H and O–H groups in total. The van der Waals surface area contributed by atoms with Crippen LogP contribution >= 0.6 is 0 Å². The Balaban J connectivity index is 1.67. The first kappa shape index (κ1) is 16.8. The molecule has 3 aliphatic rings. The van der Waals surface area contributed by atoms with E-state index in [1.807, 2.05) is 17.0 Å². The van der Waals surface area contributed by atoms with E-state index in [9.17, 15) is 9.59 Å². The molecular weight excluding hydrogens is 340 g/mol. The van der Waals surface area contributed by atoms with Crippen LogP contribution in [0.4, 0.5) is 0 Å². The SMILES string of the molecule is CC(C)CC1c2[nH]c3ccccc3c2C[C@H]2C(=O)NC3(CCCN3)C(=O)N12. The standard InChI is InChI=1S/C21H26N4O2/c1-12(2)10-16-18-14(13-6-3-4-7-15(13)23-18)11-17-19(26)24-21(8-5-9-22-21)20(27)25(16)17/h3-4,6-7,12,16-17,22-23H,5,8-11H2,1-2H3,(H,24,26)/t16?,17-,21?/m0/s1. The molecule has 1 aromatic carbocycles.